The molecular weight excluding hydrogens is 460 g/mol. The number of aromatic hydroxyl groups is 1. The van der Waals surface area contributed by atoms with E-state index in [1.54, 1.807) is 0 Å². The number of hydrogen-bond donors (Lipinski definition) is 2. The first-order valence-electron chi connectivity index (χ1n) is 14.5. The van der Waals surface area contributed by atoms with Crippen LogP contribution in [0.15, 0.2) is 42.5 Å². The Bertz CT molecular complexity index is 1250. The van der Waals surface area contributed by atoms with E-state index >= 15 is 0 Å². The summed E-state index contributed by atoms with van der Waals surface area (Å²) in [5, 5.41) is 14.9. The van der Waals surface area contributed by atoms with Crippen molar-refractivity contribution in [3.05, 3.63) is 59.2 Å². The van der Waals surface area contributed by atoms with Gasteiger partial charge in [-0.15, -0.1) is 0 Å². The van der Waals surface area contributed by atoms with E-state index in [9.17, 15) is 5.11 Å². The van der Waals surface area contributed by atoms with Crippen LogP contribution in [0.2, 0.25) is 0 Å². The number of phenolic OH excluding ortho intramolecular Hbond substituents is 1. The van der Waals surface area contributed by atoms with Crippen molar-refractivity contribution in [3.8, 4) is 11.5 Å². The molecule has 5 heteroatoms. The SMILES string of the molecule is CO[C@]12CC[C@@]3(C[C@]1(C)CNCc1ccccc1)[C@H]1Cc4ccc(O)c5c4[C@@]3(CCN1CC1CC1)[C@H]2O5. The lowest BCUT2D eigenvalue weighted by atomic mass is 9.32. The average Bonchev–Trinajstić information content (AvgIpc) is 3.64. The summed E-state index contributed by atoms with van der Waals surface area (Å²) in [6, 6.07) is 15.3. The molecule has 4 saturated carbocycles. The molecule has 0 amide bonds. The Kier molecular flexibility index (Phi) is 4.65. The number of nitrogens with zero attached hydrogens (tertiary/aromatic N) is 1. The fraction of sp³-hybridized carbons (Fsp3) is 0.625. The van der Waals surface area contributed by atoms with E-state index in [4.69, 9.17) is 9.47 Å². The third kappa shape index (κ3) is 2.71. The fourth-order valence-corrected chi connectivity index (χ4v) is 10.3. The van der Waals surface area contributed by atoms with Crippen LogP contribution in [0.4, 0.5) is 0 Å². The number of fused-ring (bicyclic) bond motifs is 2. The van der Waals surface area contributed by atoms with Crippen LogP contribution in [0.3, 0.4) is 0 Å². The third-order valence-electron chi connectivity index (χ3n) is 11.9. The minimum Gasteiger partial charge on any atom is -0.504 e. The number of hydrogen-bond acceptors (Lipinski definition) is 5. The molecule has 9 rings (SSSR count). The van der Waals surface area contributed by atoms with Crippen LogP contribution in [0.1, 0.15) is 62.1 Å². The third-order valence-corrected chi connectivity index (χ3v) is 11.9. The molecule has 5 aliphatic carbocycles. The Morgan fingerprint density at radius 3 is 2.73 bits per heavy atom. The van der Waals surface area contributed by atoms with Crippen molar-refractivity contribution < 1.29 is 14.6 Å². The Balaban J connectivity index is 1.25. The summed E-state index contributed by atoms with van der Waals surface area (Å²) in [5.41, 5.74) is 3.71. The molecule has 4 bridgehead atoms. The van der Waals surface area contributed by atoms with Gasteiger partial charge in [0.1, 0.15) is 11.7 Å². The van der Waals surface area contributed by atoms with Crippen LogP contribution >= 0.6 is 0 Å². The molecule has 2 aromatic rings. The van der Waals surface area contributed by atoms with Gasteiger partial charge in [0.05, 0.1) is 0 Å². The van der Waals surface area contributed by atoms with E-state index in [1.807, 2.05) is 13.2 Å². The van der Waals surface area contributed by atoms with E-state index < -0.39 is 0 Å². The second-order valence-electron chi connectivity index (χ2n) is 13.4. The van der Waals surface area contributed by atoms with Crippen LogP contribution < -0.4 is 10.1 Å². The summed E-state index contributed by atoms with van der Waals surface area (Å²) in [5.74, 6) is 1.97. The molecule has 0 aromatic heterocycles. The topological polar surface area (TPSA) is 54.0 Å². The summed E-state index contributed by atoms with van der Waals surface area (Å²) in [7, 11) is 1.92. The summed E-state index contributed by atoms with van der Waals surface area (Å²) < 4.78 is 13.7. The predicted octanol–water partition coefficient (Wildman–Crippen LogP) is 4.80. The zero-order valence-corrected chi connectivity index (χ0v) is 22.3. The molecule has 5 nitrogen and oxygen atoms in total. The second-order valence-corrected chi connectivity index (χ2v) is 13.4. The Hall–Kier alpha value is -2.08. The van der Waals surface area contributed by atoms with Gasteiger partial charge in [0.25, 0.3) is 0 Å². The van der Waals surface area contributed by atoms with Crippen LogP contribution in [-0.4, -0.2) is 54.5 Å². The van der Waals surface area contributed by atoms with Crippen LogP contribution in [0.25, 0.3) is 0 Å². The molecule has 196 valence electrons. The molecule has 2 aromatic carbocycles. The zero-order chi connectivity index (χ0) is 25.0. The molecule has 0 unspecified atom stereocenters. The van der Waals surface area contributed by atoms with Gasteiger partial charge < -0.3 is 19.9 Å². The first kappa shape index (κ1) is 22.9. The van der Waals surface area contributed by atoms with Crippen LogP contribution in [0, 0.1) is 16.7 Å². The minimum atomic E-state index is -0.387. The van der Waals surface area contributed by atoms with Crippen molar-refractivity contribution in [1.82, 2.24) is 10.2 Å². The Labute approximate surface area is 220 Å². The largest absolute Gasteiger partial charge is 0.504 e. The maximum Gasteiger partial charge on any atom is 0.165 e. The smallest absolute Gasteiger partial charge is 0.165 e. The van der Waals surface area contributed by atoms with Crippen LogP contribution in [-0.2, 0) is 23.1 Å². The number of likely N-dealkylation sites (tertiary alicyclic amines) is 1. The van der Waals surface area contributed by atoms with Gasteiger partial charge in [-0.3, -0.25) is 4.90 Å². The lowest BCUT2D eigenvalue weighted by molar-refractivity contribution is -0.304. The summed E-state index contributed by atoms with van der Waals surface area (Å²) in [6.07, 6.45) is 8.31. The number of phenols is 1. The number of nitrogens with one attached hydrogen (secondary N) is 1. The van der Waals surface area contributed by atoms with Gasteiger partial charge in [-0.25, -0.2) is 0 Å². The standard InChI is InChI=1S/C32H40N2O3/c1-29(20-33-17-21-6-4-3-5-7-21)19-30-12-13-32(29,36-2)28-31(30)14-15-34(18-22-8-9-22)25(30)16-23-10-11-24(35)27(37-28)26(23)31/h3-7,10-11,22,25,28,33,35H,8-9,12-20H2,1-2H3/t25-,28-,29-,30-,31+,32+/m1/s1. The van der Waals surface area contributed by atoms with E-state index in [-0.39, 0.29) is 27.9 Å². The highest BCUT2D eigenvalue weighted by Crippen LogP contribution is 2.78. The lowest BCUT2D eigenvalue weighted by Crippen LogP contribution is -2.83. The molecule has 6 atom stereocenters. The van der Waals surface area contributed by atoms with Crippen molar-refractivity contribution in [2.24, 2.45) is 16.7 Å². The molecule has 5 fully saturated rings. The van der Waals surface area contributed by atoms with Crippen molar-refractivity contribution in [1.29, 1.82) is 0 Å². The highest BCUT2D eigenvalue weighted by Gasteiger charge is 2.82. The van der Waals surface area contributed by atoms with E-state index in [1.165, 1.54) is 42.5 Å². The quantitative estimate of drug-likeness (QED) is 0.572. The number of methoxy groups -OCH3 is 1. The van der Waals surface area contributed by atoms with Gasteiger partial charge in [0.15, 0.2) is 11.5 Å². The second kappa shape index (κ2) is 7.52. The van der Waals surface area contributed by atoms with Gasteiger partial charge in [-0.2, -0.15) is 0 Å². The van der Waals surface area contributed by atoms with Gasteiger partial charge in [-0.05, 0) is 74.6 Å². The van der Waals surface area contributed by atoms with E-state index in [0.717, 1.165) is 57.0 Å². The average molecular weight is 501 g/mol. The van der Waals surface area contributed by atoms with Gasteiger partial charge in [-0.1, -0.05) is 43.3 Å². The van der Waals surface area contributed by atoms with Crippen molar-refractivity contribution in [2.45, 2.75) is 81.6 Å². The van der Waals surface area contributed by atoms with Crippen molar-refractivity contribution in [3.63, 3.8) is 0 Å². The molecule has 0 radical (unpaired) electrons. The van der Waals surface area contributed by atoms with Crippen molar-refractivity contribution in [2.75, 3.05) is 26.7 Å². The molecule has 2 heterocycles. The molecule has 37 heavy (non-hydrogen) atoms. The summed E-state index contributed by atoms with van der Waals surface area (Å²) in [6.45, 7) is 6.62. The first-order chi connectivity index (χ1) is 18.0. The molecular formula is C32H40N2O3. The maximum atomic E-state index is 11.0. The molecule has 7 aliphatic rings. The highest BCUT2D eigenvalue weighted by atomic mass is 16.6. The minimum absolute atomic E-state index is 0.0519. The number of benzene rings is 2. The van der Waals surface area contributed by atoms with Crippen molar-refractivity contribution >= 4 is 0 Å². The highest BCUT2D eigenvalue weighted by molar-refractivity contribution is 5.63. The normalized spacial score (nSPS) is 40.9. The summed E-state index contributed by atoms with van der Waals surface area (Å²) in [4.78, 5) is 2.89. The predicted molar refractivity (Wildman–Crippen MR) is 143 cm³/mol. The molecule has 1 saturated heterocycles. The van der Waals surface area contributed by atoms with Gasteiger partial charge in [0.2, 0.25) is 0 Å². The number of ether oxygens (including phenoxy) is 2. The first-order valence-corrected chi connectivity index (χ1v) is 14.5. The monoisotopic (exact) mass is 500 g/mol. The zero-order valence-electron chi connectivity index (χ0n) is 22.3. The molecule has 2 spiro atoms. The Morgan fingerprint density at radius 2 is 1.95 bits per heavy atom. The summed E-state index contributed by atoms with van der Waals surface area (Å²) >= 11 is 0. The molecule has 2 N–H and O–H groups in total. The molecule has 2 aliphatic heterocycles. The number of piperidine rings is 1. The fourth-order valence-electron chi connectivity index (χ4n) is 10.3. The van der Waals surface area contributed by atoms with E-state index in [0.29, 0.717) is 11.8 Å². The lowest BCUT2D eigenvalue weighted by Gasteiger charge is -2.76. The maximum absolute atomic E-state index is 11.0. The van der Waals surface area contributed by atoms with Gasteiger partial charge in [0, 0.05) is 54.6 Å². The van der Waals surface area contributed by atoms with Gasteiger partial charge >= 0.3 is 0 Å². The van der Waals surface area contributed by atoms with E-state index in [2.05, 4.69) is 53.5 Å². The Morgan fingerprint density at radius 1 is 1.11 bits per heavy atom. The van der Waals surface area contributed by atoms with Crippen LogP contribution in [0.5, 0.6) is 11.5 Å². The number of rotatable bonds is 7.